The molecule has 0 fully saturated rings. The maximum absolute atomic E-state index is 12.7. The molecule has 2 heterocycles. The van der Waals surface area contributed by atoms with E-state index in [0.717, 1.165) is 5.69 Å². The van der Waals surface area contributed by atoms with E-state index in [-0.39, 0.29) is 12.2 Å². The molecule has 0 saturated carbocycles. The lowest BCUT2D eigenvalue weighted by Crippen LogP contribution is -2.21. The molecule has 1 aromatic carbocycles. The molecule has 0 bridgehead atoms. The fourth-order valence-corrected chi connectivity index (χ4v) is 2.72. The highest BCUT2D eigenvalue weighted by Gasteiger charge is 2.17. The number of ether oxygens (including phenoxy) is 1. The van der Waals surface area contributed by atoms with Crippen LogP contribution in [0.5, 0.6) is 0 Å². The molecule has 130 valence electrons. The Morgan fingerprint density at radius 3 is 2.77 bits per heavy atom. The average Bonchev–Trinajstić information content (AvgIpc) is 2.66. The van der Waals surface area contributed by atoms with Crippen molar-refractivity contribution in [1.82, 2.24) is 9.55 Å². The third kappa shape index (κ3) is 3.20. The summed E-state index contributed by atoms with van der Waals surface area (Å²) in [5, 5.41) is 9.48. The third-order valence-corrected chi connectivity index (χ3v) is 4.12. The molecule has 0 aliphatic rings. The van der Waals surface area contributed by atoms with Crippen molar-refractivity contribution in [3.05, 3.63) is 75.2 Å². The number of carbonyl (C=O) groups excluding carboxylic acids is 1. The van der Waals surface area contributed by atoms with Gasteiger partial charge < -0.3 is 9.30 Å². The molecule has 0 radical (unpaired) electrons. The molecular weight excluding hydrogens is 330 g/mol. The highest BCUT2D eigenvalue weighted by Crippen LogP contribution is 2.13. The van der Waals surface area contributed by atoms with Crippen molar-refractivity contribution in [2.24, 2.45) is 0 Å². The third-order valence-electron chi connectivity index (χ3n) is 4.12. The SMILES string of the molecule is CCn1cc(C(=O)OCc2ccccc2C#N)c(=O)c2ccc(C)nc21. The summed E-state index contributed by atoms with van der Waals surface area (Å²) in [5.41, 5.74) is 1.92. The number of hydrogen-bond donors (Lipinski definition) is 0. The van der Waals surface area contributed by atoms with Gasteiger partial charge in [-0.1, -0.05) is 18.2 Å². The van der Waals surface area contributed by atoms with Crippen LogP contribution in [0.25, 0.3) is 11.0 Å². The second-order valence-electron chi connectivity index (χ2n) is 5.83. The van der Waals surface area contributed by atoms with E-state index in [2.05, 4.69) is 11.1 Å². The number of carbonyl (C=O) groups is 1. The molecule has 0 aliphatic heterocycles. The van der Waals surface area contributed by atoms with Crippen molar-refractivity contribution in [1.29, 1.82) is 5.26 Å². The zero-order valence-corrected chi connectivity index (χ0v) is 14.5. The molecule has 0 unspecified atom stereocenters. The standard InChI is InChI=1S/C20H17N3O3/c1-3-23-11-17(18(24)16-9-8-13(2)22-19(16)23)20(25)26-12-15-7-5-4-6-14(15)10-21/h4-9,11H,3,12H2,1-2H3. The minimum atomic E-state index is -0.715. The largest absolute Gasteiger partial charge is 0.457 e. The Morgan fingerprint density at radius 2 is 2.04 bits per heavy atom. The zero-order chi connectivity index (χ0) is 18.7. The second kappa shape index (κ2) is 7.19. The number of nitrogens with zero attached hydrogens (tertiary/aromatic N) is 3. The van der Waals surface area contributed by atoms with Crippen molar-refractivity contribution >= 4 is 17.0 Å². The van der Waals surface area contributed by atoms with E-state index < -0.39 is 11.4 Å². The first-order chi connectivity index (χ1) is 12.5. The van der Waals surface area contributed by atoms with Gasteiger partial charge in [0, 0.05) is 24.0 Å². The first-order valence-corrected chi connectivity index (χ1v) is 8.21. The number of esters is 1. The van der Waals surface area contributed by atoms with Crippen LogP contribution in [0.4, 0.5) is 0 Å². The monoisotopic (exact) mass is 347 g/mol. The Hall–Kier alpha value is -3.46. The molecular formula is C20H17N3O3. The number of aryl methyl sites for hydroxylation is 2. The molecule has 6 heteroatoms. The van der Waals surface area contributed by atoms with Gasteiger partial charge in [-0.3, -0.25) is 4.79 Å². The van der Waals surface area contributed by atoms with Crippen LogP contribution < -0.4 is 5.43 Å². The van der Waals surface area contributed by atoms with E-state index in [1.165, 1.54) is 6.20 Å². The average molecular weight is 347 g/mol. The number of rotatable bonds is 4. The first kappa shape index (κ1) is 17.4. The topological polar surface area (TPSA) is 85.0 Å². The number of fused-ring (bicyclic) bond motifs is 1. The molecule has 0 spiro atoms. The van der Waals surface area contributed by atoms with E-state index in [4.69, 9.17) is 10.00 Å². The Morgan fingerprint density at radius 1 is 1.27 bits per heavy atom. The number of pyridine rings is 2. The smallest absolute Gasteiger partial charge is 0.344 e. The molecule has 0 saturated heterocycles. The number of hydrogen-bond acceptors (Lipinski definition) is 5. The fraction of sp³-hybridized carbons (Fsp3) is 0.200. The Labute approximate surface area is 150 Å². The molecule has 0 amide bonds. The molecule has 0 atom stereocenters. The summed E-state index contributed by atoms with van der Waals surface area (Å²) in [6.07, 6.45) is 1.48. The number of nitriles is 1. The summed E-state index contributed by atoms with van der Waals surface area (Å²) in [5.74, 6) is -0.715. The van der Waals surface area contributed by atoms with Gasteiger partial charge in [0.2, 0.25) is 5.43 Å². The molecule has 2 aromatic heterocycles. The van der Waals surface area contributed by atoms with E-state index in [1.807, 2.05) is 13.8 Å². The first-order valence-electron chi connectivity index (χ1n) is 8.21. The van der Waals surface area contributed by atoms with Gasteiger partial charge >= 0.3 is 5.97 Å². The van der Waals surface area contributed by atoms with E-state index in [9.17, 15) is 9.59 Å². The number of benzene rings is 1. The molecule has 3 aromatic rings. The highest BCUT2D eigenvalue weighted by molar-refractivity contribution is 5.93. The Kier molecular flexibility index (Phi) is 4.81. The predicted molar refractivity (Wildman–Crippen MR) is 96.7 cm³/mol. The van der Waals surface area contributed by atoms with Crippen LogP contribution in [0.15, 0.2) is 47.4 Å². The Balaban J connectivity index is 1.96. The summed E-state index contributed by atoms with van der Waals surface area (Å²) >= 11 is 0. The lowest BCUT2D eigenvalue weighted by Gasteiger charge is -2.11. The van der Waals surface area contributed by atoms with Crippen molar-refractivity contribution in [2.45, 2.75) is 27.0 Å². The van der Waals surface area contributed by atoms with Gasteiger partial charge in [-0.25, -0.2) is 9.78 Å². The van der Waals surface area contributed by atoms with Crippen molar-refractivity contribution in [3.63, 3.8) is 0 Å². The maximum atomic E-state index is 12.7. The predicted octanol–water partition coefficient (Wildman–Crippen LogP) is 2.95. The number of aromatic nitrogens is 2. The quantitative estimate of drug-likeness (QED) is 0.677. The fourth-order valence-electron chi connectivity index (χ4n) is 2.72. The van der Waals surface area contributed by atoms with E-state index in [1.54, 1.807) is 41.0 Å². The summed E-state index contributed by atoms with van der Waals surface area (Å²) in [6.45, 7) is 4.24. The van der Waals surface area contributed by atoms with Crippen molar-refractivity contribution < 1.29 is 9.53 Å². The van der Waals surface area contributed by atoms with Crippen molar-refractivity contribution in [3.8, 4) is 6.07 Å². The van der Waals surface area contributed by atoms with E-state index in [0.29, 0.717) is 28.7 Å². The summed E-state index contributed by atoms with van der Waals surface area (Å²) < 4.78 is 7.04. The van der Waals surface area contributed by atoms with Crippen molar-refractivity contribution in [2.75, 3.05) is 0 Å². The molecule has 3 rings (SSSR count). The summed E-state index contributed by atoms with van der Waals surface area (Å²) in [4.78, 5) is 29.6. The molecule has 26 heavy (non-hydrogen) atoms. The molecule has 0 N–H and O–H groups in total. The summed E-state index contributed by atoms with van der Waals surface area (Å²) in [7, 11) is 0. The lowest BCUT2D eigenvalue weighted by molar-refractivity contribution is 0.0470. The minimum Gasteiger partial charge on any atom is -0.457 e. The van der Waals surface area contributed by atoms with Gasteiger partial charge in [0.25, 0.3) is 0 Å². The molecule has 6 nitrogen and oxygen atoms in total. The van der Waals surface area contributed by atoms with Gasteiger partial charge in [0.05, 0.1) is 17.0 Å². The van der Waals surface area contributed by atoms with Gasteiger partial charge in [-0.15, -0.1) is 0 Å². The summed E-state index contributed by atoms with van der Waals surface area (Å²) in [6, 6.07) is 12.3. The lowest BCUT2D eigenvalue weighted by atomic mass is 10.1. The van der Waals surface area contributed by atoms with Crippen LogP contribution in [0.3, 0.4) is 0 Å². The van der Waals surface area contributed by atoms with Crippen LogP contribution >= 0.6 is 0 Å². The normalized spacial score (nSPS) is 10.5. The van der Waals surface area contributed by atoms with Crippen LogP contribution in [0.1, 0.15) is 34.1 Å². The maximum Gasteiger partial charge on any atom is 0.344 e. The van der Waals surface area contributed by atoms with E-state index >= 15 is 0 Å². The van der Waals surface area contributed by atoms with Gasteiger partial charge in [-0.05, 0) is 32.0 Å². The van der Waals surface area contributed by atoms with Crippen LogP contribution in [-0.4, -0.2) is 15.5 Å². The van der Waals surface area contributed by atoms with Crippen LogP contribution in [-0.2, 0) is 17.9 Å². The van der Waals surface area contributed by atoms with Gasteiger partial charge in [0.15, 0.2) is 0 Å². The van der Waals surface area contributed by atoms with Gasteiger partial charge in [0.1, 0.15) is 17.8 Å². The minimum absolute atomic E-state index is 0.0422. The van der Waals surface area contributed by atoms with Crippen LogP contribution in [0.2, 0.25) is 0 Å². The van der Waals surface area contributed by atoms with Gasteiger partial charge in [-0.2, -0.15) is 5.26 Å². The van der Waals surface area contributed by atoms with Crippen LogP contribution in [0, 0.1) is 18.3 Å². The second-order valence-corrected chi connectivity index (χ2v) is 5.83. The molecule has 0 aliphatic carbocycles. The zero-order valence-electron chi connectivity index (χ0n) is 14.5. The Bertz CT molecular complexity index is 1090. The highest BCUT2D eigenvalue weighted by atomic mass is 16.5.